The zero-order valence-electron chi connectivity index (χ0n) is 5.48. The number of Topliss-reactive ketones (excluding diaryl/α,β-unsaturated/α-hetero) is 1. The Bertz CT molecular complexity index is 149. The monoisotopic (exact) mass is 124 g/mol. The fraction of sp³-hybridized carbons (Fsp3) is 0.429. The molecule has 2 heteroatoms. The van der Waals surface area contributed by atoms with Crippen LogP contribution in [0.15, 0.2) is 11.6 Å². The molecule has 0 amide bonds. The minimum atomic E-state index is 0.188. The lowest BCUT2D eigenvalue weighted by Gasteiger charge is -2.09. The first kappa shape index (κ1) is 6.49. The third kappa shape index (κ3) is 1.64. The second-order valence-electron chi connectivity index (χ2n) is 2.12. The summed E-state index contributed by atoms with van der Waals surface area (Å²) in [6, 6.07) is 0. The van der Waals surface area contributed by atoms with Crippen molar-refractivity contribution in [2.24, 2.45) is 0 Å². The summed E-state index contributed by atoms with van der Waals surface area (Å²) in [4.78, 5) is 10.7. The highest BCUT2D eigenvalue weighted by molar-refractivity contribution is 5.93. The second kappa shape index (κ2) is 2.78. The Morgan fingerprint density at radius 1 is 1.78 bits per heavy atom. The molecule has 1 aliphatic heterocycles. The molecule has 0 aromatic rings. The van der Waals surface area contributed by atoms with Crippen LogP contribution < -0.4 is 5.32 Å². The topological polar surface area (TPSA) is 29.1 Å². The van der Waals surface area contributed by atoms with Crippen LogP contribution in [0.5, 0.6) is 0 Å². The van der Waals surface area contributed by atoms with E-state index in [1.807, 2.05) is 12.6 Å². The van der Waals surface area contributed by atoms with Crippen molar-refractivity contribution >= 4 is 5.78 Å². The van der Waals surface area contributed by atoms with E-state index in [4.69, 9.17) is 0 Å². The quantitative estimate of drug-likeness (QED) is 0.556. The third-order valence-electron chi connectivity index (χ3n) is 1.39. The van der Waals surface area contributed by atoms with E-state index in [9.17, 15) is 4.79 Å². The van der Waals surface area contributed by atoms with Crippen LogP contribution >= 0.6 is 0 Å². The fourth-order valence-electron chi connectivity index (χ4n) is 0.826. The maximum Gasteiger partial charge on any atom is 0.155 e. The molecule has 1 aliphatic rings. The van der Waals surface area contributed by atoms with Crippen LogP contribution in [0.4, 0.5) is 0 Å². The van der Waals surface area contributed by atoms with Crippen molar-refractivity contribution in [3.8, 4) is 0 Å². The number of ketones is 1. The van der Waals surface area contributed by atoms with Gasteiger partial charge in [-0.1, -0.05) is 6.08 Å². The summed E-state index contributed by atoms with van der Waals surface area (Å²) in [5.41, 5.74) is 0.925. The Morgan fingerprint density at radius 3 is 2.89 bits per heavy atom. The number of hydrogen-bond donors (Lipinski definition) is 1. The van der Waals surface area contributed by atoms with Crippen molar-refractivity contribution in [3.05, 3.63) is 18.2 Å². The van der Waals surface area contributed by atoms with E-state index < -0.39 is 0 Å². The largest absolute Gasteiger partial charge is 0.309 e. The molecule has 0 atom stereocenters. The summed E-state index contributed by atoms with van der Waals surface area (Å²) in [5.74, 6) is 0.188. The van der Waals surface area contributed by atoms with Gasteiger partial charge >= 0.3 is 0 Å². The molecule has 9 heavy (non-hydrogen) atoms. The van der Waals surface area contributed by atoms with Crippen LogP contribution in [-0.2, 0) is 4.79 Å². The Labute approximate surface area is 54.9 Å². The maximum absolute atomic E-state index is 10.7. The van der Waals surface area contributed by atoms with Gasteiger partial charge in [0.1, 0.15) is 0 Å². The molecule has 2 nitrogen and oxygen atoms in total. The number of nitrogens with one attached hydrogen (secondary N) is 1. The van der Waals surface area contributed by atoms with Gasteiger partial charge in [0.2, 0.25) is 0 Å². The highest BCUT2D eigenvalue weighted by Crippen LogP contribution is 2.05. The molecule has 1 heterocycles. The van der Waals surface area contributed by atoms with Crippen molar-refractivity contribution in [2.45, 2.75) is 13.3 Å². The van der Waals surface area contributed by atoms with Gasteiger partial charge in [-0.2, -0.15) is 0 Å². The van der Waals surface area contributed by atoms with E-state index in [1.54, 1.807) is 6.92 Å². The average Bonchev–Trinajstić information content (AvgIpc) is 1.90. The summed E-state index contributed by atoms with van der Waals surface area (Å²) in [6.45, 7) is 4.32. The molecule has 0 aliphatic carbocycles. The van der Waals surface area contributed by atoms with E-state index in [2.05, 4.69) is 5.32 Å². The number of carbonyl (C=O) groups is 1. The summed E-state index contributed by atoms with van der Waals surface area (Å²) in [7, 11) is 0. The second-order valence-corrected chi connectivity index (χ2v) is 2.12. The van der Waals surface area contributed by atoms with Gasteiger partial charge < -0.3 is 5.32 Å². The first-order valence-corrected chi connectivity index (χ1v) is 3.07. The first-order valence-electron chi connectivity index (χ1n) is 3.07. The third-order valence-corrected chi connectivity index (χ3v) is 1.39. The van der Waals surface area contributed by atoms with Crippen molar-refractivity contribution in [1.29, 1.82) is 0 Å². The summed E-state index contributed by atoms with van der Waals surface area (Å²) < 4.78 is 0. The maximum atomic E-state index is 10.7. The smallest absolute Gasteiger partial charge is 0.155 e. The fourth-order valence-corrected chi connectivity index (χ4v) is 0.826. The van der Waals surface area contributed by atoms with Gasteiger partial charge in [0.15, 0.2) is 5.78 Å². The minimum absolute atomic E-state index is 0.188. The van der Waals surface area contributed by atoms with Gasteiger partial charge in [-0.25, -0.2) is 0 Å². The minimum Gasteiger partial charge on any atom is -0.309 e. The molecule has 1 rings (SSSR count). The van der Waals surface area contributed by atoms with Crippen LogP contribution in [0, 0.1) is 6.54 Å². The van der Waals surface area contributed by atoms with Crippen LogP contribution in [0.2, 0.25) is 0 Å². The molecule has 1 radical (unpaired) electrons. The van der Waals surface area contributed by atoms with E-state index in [0.717, 1.165) is 18.5 Å². The number of hydrogen-bond acceptors (Lipinski definition) is 2. The lowest BCUT2D eigenvalue weighted by Crippen LogP contribution is -2.18. The summed E-state index contributed by atoms with van der Waals surface area (Å²) in [5, 5.41) is 3.02. The predicted molar refractivity (Wildman–Crippen MR) is 35.7 cm³/mol. The molecular formula is C7H10NO. The lowest BCUT2D eigenvalue weighted by molar-refractivity contribution is -0.113. The standard InChI is InChI=1S/C7H10NO/c1-6(9)7-2-4-8-5-3-7/h2,4,8H,3,5H2,1H3. The average molecular weight is 124 g/mol. The molecule has 49 valence electrons. The Morgan fingerprint density at radius 2 is 2.56 bits per heavy atom. The normalized spacial score (nSPS) is 19.0. The van der Waals surface area contributed by atoms with Gasteiger partial charge in [-0.15, -0.1) is 0 Å². The molecule has 0 saturated carbocycles. The van der Waals surface area contributed by atoms with Crippen molar-refractivity contribution in [3.63, 3.8) is 0 Å². The van der Waals surface area contributed by atoms with E-state index in [0.29, 0.717) is 0 Å². The zero-order chi connectivity index (χ0) is 6.69. The van der Waals surface area contributed by atoms with Gasteiger partial charge in [0.25, 0.3) is 0 Å². The van der Waals surface area contributed by atoms with Crippen LogP contribution in [-0.4, -0.2) is 12.3 Å². The zero-order valence-corrected chi connectivity index (χ0v) is 5.48. The summed E-state index contributed by atoms with van der Waals surface area (Å²) in [6.07, 6.45) is 2.71. The van der Waals surface area contributed by atoms with E-state index in [1.165, 1.54) is 0 Å². The molecule has 0 unspecified atom stereocenters. The van der Waals surface area contributed by atoms with Gasteiger partial charge in [-0.3, -0.25) is 4.79 Å². The molecular weight excluding hydrogens is 114 g/mol. The highest BCUT2D eigenvalue weighted by Gasteiger charge is 2.05. The van der Waals surface area contributed by atoms with Gasteiger partial charge in [0, 0.05) is 6.54 Å². The van der Waals surface area contributed by atoms with Crippen molar-refractivity contribution in [1.82, 2.24) is 5.32 Å². The first-order chi connectivity index (χ1) is 4.30. The Kier molecular flexibility index (Phi) is 2.01. The Balaban J connectivity index is 2.57. The van der Waals surface area contributed by atoms with Gasteiger partial charge in [0.05, 0.1) is 0 Å². The van der Waals surface area contributed by atoms with E-state index >= 15 is 0 Å². The van der Waals surface area contributed by atoms with Gasteiger partial charge in [-0.05, 0) is 25.5 Å². The van der Waals surface area contributed by atoms with Crippen LogP contribution in [0.3, 0.4) is 0 Å². The molecule has 0 bridgehead atoms. The van der Waals surface area contributed by atoms with Crippen LogP contribution in [0.1, 0.15) is 13.3 Å². The number of carbonyl (C=O) groups excluding carboxylic acids is 1. The molecule has 0 saturated heterocycles. The van der Waals surface area contributed by atoms with Crippen molar-refractivity contribution < 1.29 is 4.79 Å². The van der Waals surface area contributed by atoms with E-state index in [-0.39, 0.29) is 5.78 Å². The number of rotatable bonds is 1. The molecule has 0 aromatic heterocycles. The van der Waals surface area contributed by atoms with Crippen molar-refractivity contribution in [2.75, 3.05) is 6.54 Å². The van der Waals surface area contributed by atoms with Crippen LogP contribution in [0.25, 0.3) is 0 Å². The highest BCUT2D eigenvalue weighted by atomic mass is 16.1. The molecule has 0 spiro atoms. The molecule has 0 fully saturated rings. The predicted octanol–water partition coefficient (Wildman–Crippen LogP) is 0.657. The lowest BCUT2D eigenvalue weighted by atomic mass is 10.1. The Hall–Kier alpha value is -0.630. The summed E-state index contributed by atoms with van der Waals surface area (Å²) >= 11 is 0. The molecule has 1 N–H and O–H groups in total. The molecule has 0 aromatic carbocycles. The SMILES string of the molecule is CC(=O)C1=C[CH]NCC1.